The van der Waals surface area contributed by atoms with Gasteiger partial charge in [-0.1, -0.05) is 12.1 Å². The van der Waals surface area contributed by atoms with Crippen molar-refractivity contribution in [3.05, 3.63) is 62.7 Å². The molecule has 0 aliphatic rings. The van der Waals surface area contributed by atoms with Crippen molar-refractivity contribution in [2.75, 3.05) is 5.32 Å². The zero-order valence-electron chi connectivity index (χ0n) is 13.0. The molecule has 2 rings (SSSR count). The molecular formula is C16H9F6IN2OS. The summed E-state index contributed by atoms with van der Waals surface area (Å²) < 4.78 is 77.7. The molecule has 2 aromatic carbocycles. The second-order valence-electron chi connectivity index (χ2n) is 5.18. The van der Waals surface area contributed by atoms with Crippen molar-refractivity contribution >= 4 is 51.5 Å². The van der Waals surface area contributed by atoms with E-state index in [1.54, 1.807) is 18.2 Å². The lowest BCUT2D eigenvalue weighted by Crippen LogP contribution is -2.34. The van der Waals surface area contributed by atoms with Crippen LogP contribution < -0.4 is 10.6 Å². The molecule has 0 aliphatic heterocycles. The average Bonchev–Trinajstić information content (AvgIpc) is 2.53. The monoisotopic (exact) mass is 518 g/mol. The highest BCUT2D eigenvalue weighted by Crippen LogP contribution is 2.37. The molecule has 2 N–H and O–H groups in total. The Hall–Kier alpha value is -1.89. The van der Waals surface area contributed by atoms with Crippen molar-refractivity contribution < 1.29 is 31.1 Å². The Morgan fingerprint density at radius 1 is 0.926 bits per heavy atom. The number of hydrogen-bond acceptors (Lipinski definition) is 2. The van der Waals surface area contributed by atoms with E-state index in [0.29, 0.717) is 15.7 Å². The molecule has 0 saturated carbocycles. The normalized spacial score (nSPS) is 11.8. The predicted molar refractivity (Wildman–Crippen MR) is 99.3 cm³/mol. The molecule has 0 fully saturated rings. The molecule has 27 heavy (non-hydrogen) atoms. The van der Waals surface area contributed by atoms with Crippen LogP contribution in [0.25, 0.3) is 0 Å². The Morgan fingerprint density at radius 2 is 1.44 bits per heavy atom. The Kier molecular flexibility index (Phi) is 6.35. The average molecular weight is 518 g/mol. The minimum atomic E-state index is -4.98. The smallest absolute Gasteiger partial charge is 0.332 e. The zero-order chi connectivity index (χ0) is 20.4. The van der Waals surface area contributed by atoms with Crippen LogP contribution >= 0.6 is 34.8 Å². The molecule has 1 amide bonds. The second-order valence-corrected chi connectivity index (χ2v) is 6.75. The highest BCUT2D eigenvalue weighted by molar-refractivity contribution is 14.1. The number of amides is 1. The van der Waals surface area contributed by atoms with E-state index in [4.69, 9.17) is 12.2 Å². The zero-order valence-corrected chi connectivity index (χ0v) is 16.0. The Bertz CT molecular complexity index is 850. The van der Waals surface area contributed by atoms with Crippen molar-refractivity contribution in [3.8, 4) is 0 Å². The molecule has 0 atom stereocenters. The number of thiocarbonyl (C=S) groups is 1. The minimum Gasteiger partial charge on any atom is -0.332 e. The van der Waals surface area contributed by atoms with Crippen LogP contribution in [0.4, 0.5) is 32.0 Å². The fourth-order valence-electron chi connectivity index (χ4n) is 2.01. The number of alkyl halides is 6. The van der Waals surface area contributed by atoms with Crippen LogP contribution in [-0.2, 0) is 12.4 Å². The van der Waals surface area contributed by atoms with Crippen LogP contribution in [0.5, 0.6) is 0 Å². The molecule has 0 heterocycles. The molecule has 0 saturated heterocycles. The summed E-state index contributed by atoms with van der Waals surface area (Å²) in [4.78, 5) is 12.1. The highest BCUT2D eigenvalue weighted by atomic mass is 127. The SMILES string of the molecule is O=C(NC(=S)Nc1cc(C(F)(F)F)cc(C(F)(F)F)c1)c1ccccc1I. The van der Waals surface area contributed by atoms with Gasteiger partial charge in [0.1, 0.15) is 0 Å². The lowest BCUT2D eigenvalue weighted by molar-refractivity contribution is -0.143. The van der Waals surface area contributed by atoms with Gasteiger partial charge in [0, 0.05) is 9.26 Å². The maximum Gasteiger partial charge on any atom is 0.416 e. The Morgan fingerprint density at radius 3 is 1.93 bits per heavy atom. The third kappa shape index (κ3) is 5.79. The summed E-state index contributed by atoms with van der Waals surface area (Å²) in [5.74, 6) is -0.652. The van der Waals surface area contributed by atoms with Gasteiger partial charge in [0.2, 0.25) is 0 Å². The van der Waals surface area contributed by atoms with E-state index in [0.717, 1.165) is 0 Å². The number of nitrogens with one attached hydrogen (secondary N) is 2. The van der Waals surface area contributed by atoms with E-state index >= 15 is 0 Å². The maximum atomic E-state index is 12.9. The molecular weight excluding hydrogens is 509 g/mol. The van der Waals surface area contributed by atoms with Gasteiger partial charge in [-0.05, 0) is 65.1 Å². The van der Waals surface area contributed by atoms with Crippen LogP contribution in [0, 0.1) is 3.57 Å². The summed E-state index contributed by atoms with van der Waals surface area (Å²) in [6, 6.07) is 7.37. The van der Waals surface area contributed by atoms with Gasteiger partial charge >= 0.3 is 12.4 Å². The van der Waals surface area contributed by atoms with Gasteiger partial charge in [-0.3, -0.25) is 10.1 Å². The van der Waals surface area contributed by atoms with Gasteiger partial charge in [0.25, 0.3) is 5.91 Å². The molecule has 0 radical (unpaired) electrons. The van der Waals surface area contributed by atoms with Gasteiger partial charge < -0.3 is 5.32 Å². The van der Waals surface area contributed by atoms with Crippen molar-refractivity contribution in [2.45, 2.75) is 12.4 Å². The maximum absolute atomic E-state index is 12.9. The van der Waals surface area contributed by atoms with Gasteiger partial charge in [0.05, 0.1) is 16.7 Å². The third-order valence-corrected chi connectivity index (χ3v) is 4.34. The topological polar surface area (TPSA) is 41.1 Å². The fourth-order valence-corrected chi connectivity index (χ4v) is 2.85. The van der Waals surface area contributed by atoms with E-state index in [9.17, 15) is 31.1 Å². The van der Waals surface area contributed by atoms with E-state index in [-0.39, 0.29) is 11.6 Å². The van der Waals surface area contributed by atoms with Crippen LogP contribution in [0.2, 0.25) is 0 Å². The highest BCUT2D eigenvalue weighted by Gasteiger charge is 2.37. The number of carbonyl (C=O) groups is 1. The van der Waals surface area contributed by atoms with Crippen molar-refractivity contribution in [1.82, 2.24) is 5.32 Å². The van der Waals surface area contributed by atoms with E-state index in [1.807, 2.05) is 22.6 Å². The number of hydrogen-bond donors (Lipinski definition) is 2. The van der Waals surface area contributed by atoms with Crippen molar-refractivity contribution in [1.29, 1.82) is 0 Å². The summed E-state index contributed by atoms with van der Waals surface area (Å²) in [5.41, 5.74) is -3.29. The number of benzene rings is 2. The number of halogens is 7. The molecule has 0 aromatic heterocycles. The first-order valence-corrected chi connectivity index (χ1v) is 8.53. The van der Waals surface area contributed by atoms with Gasteiger partial charge in [-0.25, -0.2) is 0 Å². The molecule has 0 bridgehead atoms. The Balaban J connectivity index is 2.24. The first-order chi connectivity index (χ1) is 12.4. The van der Waals surface area contributed by atoms with E-state index in [1.165, 1.54) is 6.07 Å². The van der Waals surface area contributed by atoms with Crippen LogP contribution in [0.15, 0.2) is 42.5 Å². The second kappa shape index (κ2) is 8.00. The number of carbonyl (C=O) groups excluding carboxylic acids is 1. The molecule has 11 heteroatoms. The van der Waals surface area contributed by atoms with Gasteiger partial charge in [0.15, 0.2) is 5.11 Å². The fraction of sp³-hybridized carbons (Fsp3) is 0.125. The Labute approximate surface area is 168 Å². The molecule has 0 unspecified atom stereocenters. The summed E-state index contributed by atoms with van der Waals surface area (Å²) in [6.45, 7) is 0. The predicted octanol–water partition coefficient (Wildman–Crippen LogP) is 5.46. The van der Waals surface area contributed by atoms with Crippen molar-refractivity contribution in [2.24, 2.45) is 0 Å². The van der Waals surface area contributed by atoms with Crippen LogP contribution in [0.1, 0.15) is 21.5 Å². The lowest BCUT2D eigenvalue weighted by Gasteiger charge is -2.16. The van der Waals surface area contributed by atoms with E-state index < -0.39 is 40.2 Å². The summed E-state index contributed by atoms with van der Waals surface area (Å²) in [7, 11) is 0. The lowest BCUT2D eigenvalue weighted by atomic mass is 10.1. The minimum absolute atomic E-state index is 0.000855. The summed E-state index contributed by atoms with van der Waals surface area (Å²) >= 11 is 6.72. The largest absolute Gasteiger partial charge is 0.416 e. The van der Waals surface area contributed by atoms with Gasteiger partial charge in [-0.15, -0.1) is 0 Å². The molecule has 2 aromatic rings. The van der Waals surface area contributed by atoms with Crippen LogP contribution in [0.3, 0.4) is 0 Å². The van der Waals surface area contributed by atoms with Crippen molar-refractivity contribution in [3.63, 3.8) is 0 Å². The molecule has 3 nitrogen and oxygen atoms in total. The molecule has 0 spiro atoms. The quantitative estimate of drug-likeness (QED) is 0.316. The standard InChI is InChI=1S/C16H9F6IN2OS/c17-15(18,19)8-5-9(16(20,21)22)7-10(6-8)24-14(27)25-13(26)11-3-1-2-4-12(11)23/h1-7H,(H2,24,25,26,27). The van der Waals surface area contributed by atoms with Crippen LogP contribution in [-0.4, -0.2) is 11.0 Å². The summed E-state index contributed by atoms with van der Waals surface area (Å²) in [5, 5.41) is 3.96. The molecule has 144 valence electrons. The number of anilines is 1. The molecule has 0 aliphatic carbocycles. The van der Waals surface area contributed by atoms with Gasteiger partial charge in [-0.2, -0.15) is 26.3 Å². The number of rotatable bonds is 2. The summed E-state index contributed by atoms with van der Waals surface area (Å²) in [6.07, 6.45) is -9.97. The van der Waals surface area contributed by atoms with E-state index in [2.05, 4.69) is 10.6 Å². The first-order valence-electron chi connectivity index (χ1n) is 7.04. The third-order valence-electron chi connectivity index (χ3n) is 3.19. The first kappa shape index (κ1) is 21.4.